The number of carbonyl (C=O) groups is 1. The molecule has 2 aromatic rings. The zero-order chi connectivity index (χ0) is 19.3. The summed E-state index contributed by atoms with van der Waals surface area (Å²) in [4.78, 5) is 16.2. The van der Waals surface area contributed by atoms with E-state index in [1.165, 1.54) is 18.3 Å². The number of alkyl halides is 3. The maximum absolute atomic E-state index is 13.1. The van der Waals surface area contributed by atoms with Crippen molar-refractivity contribution in [1.29, 1.82) is 0 Å². The third kappa shape index (κ3) is 5.62. The highest BCUT2D eigenvalue weighted by Gasteiger charge is 2.34. The summed E-state index contributed by atoms with van der Waals surface area (Å²) in [5, 5.41) is 5.34. The van der Waals surface area contributed by atoms with Gasteiger partial charge < -0.3 is 10.6 Å². The summed E-state index contributed by atoms with van der Waals surface area (Å²) < 4.78 is 39.2. The Balaban J connectivity index is 2.09. The molecular weight excluding hydrogens is 367 g/mol. The number of aromatic nitrogens is 1. The van der Waals surface area contributed by atoms with Crippen LogP contribution in [0.15, 0.2) is 36.5 Å². The van der Waals surface area contributed by atoms with Crippen molar-refractivity contribution in [2.45, 2.75) is 26.4 Å². The van der Waals surface area contributed by atoms with Crippen molar-refractivity contribution in [3.05, 3.63) is 52.8 Å². The molecule has 1 aromatic heterocycles. The molecule has 8 heteroatoms. The number of nitrogens with zero attached hydrogens (tertiary/aromatic N) is 1. The highest BCUT2D eigenvalue weighted by Crippen LogP contribution is 2.36. The Bertz CT molecular complexity index is 761. The SMILES string of the molecule is CC(C)CCNc1ccc(C(=O)Nc2ccc(Cl)cc2C(F)(F)F)nc1. The molecule has 4 nitrogen and oxygen atoms in total. The van der Waals surface area contributed by atoms with E-state index in [1.807, 2.05) is 0 Å². The van der Waals surface area contributed by atoms with Gasteiger partial charge in [-0.15, -0.1) is 0 Å². The summed E-state index contributed by atoms with van der Waals surface area (Å²) in [5.74, 6) is -0.172. The lowest BCUT2D eigenvalue weighted by atomic mass is 10.1. The van der Waals surface area contributed by atoms with Gasteiger partial charge in [0, 0.05) is 11.6 Å². The Morgan fingerprint density at radius 1 is 1.23 bits per heavy atom. The smallest absolute Gasteiger partial charge is 0.384 e. The highest BCUT2D eigenvalue weighted by atomic mass is 35.5. The summed E-state index contributed by atoms with van der Waals surface area (Å²) in [6.45, 7) is 4.99. The number of halogens is 4. The average Bonchev–Trinajstić information content (AvgIpc) is 2.56. The van der Waals surface area contributed by atoms with Gasteiger partial charge in [-0.1, -0.05) is 25.4 Å². The molecule has 2 rings (SSSR count). The summed E-state index contributed by atoms with van der Waals surface area (Å²) >= 11 is 5.62. The molecule has 0 saturated heterocycles. The second kappa shape index (κ2) is 8.40. The molecule has 1 aromatic carbocycles. The van der Waals surface area contributed by atoms with Gasteiger partial charge >= 0.3 is 6.18 Å². The van der Waals surface area contributed by atoms with E-state index in [0.29, 0.717) is 5.92 Å². The number of nitrogens with one attached hydrogen (secondary N) is 2. The van der Waals surface area contributed by atoms with Crippen LogP contribution in [0.1, 0.15) is 36.3 Å². The lowest BCUT2D eigenvalue weighted by Gasteiger charge is -2.14. The Hall–Kier alpha value is -2.28. The van der Waals surface area contributed by atoms with Crippen LogP contribution in [-0.2, 0) is 6.18 Å². The number of rotatable bonds is 6. The highest BCUT2D eigenvalue weighted by molar-refractivity contribution is 6.30. The van der Waals surface area contributed by atoms with Crippen LogP contribution in [0.5, 0.6) is 0 Å². The second-order valence-corrected chi connectivity index (χ2v) is 6.62. The van der Waals surface area contributed by atoms with Crippen molar-refractivity contribution in [1.82, 2.24) is 4.98 Å². The molecule has 0 spiro atoms. The van der Waals surface area contributed by atoms with E-state index in [9.17, 15) is 18.0 Å². The van der Waals surface area contributed by atoms with E-state index in [4.69, 9.17) is 11.6 Å². The van der Waals surface area contributed by atoms with Crippen LogP contribution in [0, 0.1) is 5.92 Å². The zero-order valence-electron chi connectivity index (χ0n) is 14.3. The fourth-order valence-electron chi connectivity index (χ4n) is 2.18. The summed E-state index contributed by atoms with van der Waals surface area (Å²) in [6.07, 6.45) is -2.17. The van der Waals surface area contributed by atoms with Crippen molar-refractivity contribution in [2.24, 2.45) is 5.92 Å². The molecule has 0 fully saturated rings. The number of pyridine rings is 1. The van der Waals surface area contributed by atoms with Crippen LogP contribution < -0.4 is 10.6 Å². The van der Waals surface area contributed by atoms with E-state index in [-0.39, 0.29) is 16.4 Å². The fraction of sp³-hybridized carbons (Fsp3) is 0.333. The predicted octanol–water partition coefficient (Wildman–Crippen LogP) is 5.46. The minimum atomic E-state index is -4.63. The molecular formula is C18H19ClF3N3O. The Morgan fingerprint density at radius 2 is 1.96 bits per heavy atom. The van der Waals surface area contributed by atoms with Gasteiger partial charge in [0.05, 0.1) is 23.1 Å². The van der Waals surface area contributed by atoms with Crippen LogP contribution in [0.4, 0.5) is 24.5 Å². The molecule has 0 aliphatic rings. The van der Waals surface area contributed by atoms with Crippen LogP contribution >= 0.6 is 11.6 Å². The normalized spacial score (nSPS) is 11.5. The van der Waals surface area contributed by atoms with Gasteiger partial charge in [-0.05, 0) is 42.7 Å². The standard InChI is InChI=1S/C18H19ClF3N3O/c1-11(2)7-8-23-13-4-6-16(24-10-13)17(26)25-15-5-3-12(19)9-14(15)18(20,21)22/h3-6,9-11,23H,7-8H2,1-2H3,(H,25,26). The third-order valence-electron chi connectivity index (χ3n) is 3.58. The van der Waals surface area contributed by atoms with Crippen LogP contribution in [0.2, 0.25) is 5.02 Å². The van der Waals surface area contributed by atoms with Gasteiger partial charge in [-0.25, -0.2) is 4.98 Å². The van der Waals surface area contributed by atoms with E-state index >= 15 is 0 Å². The monoisotopic (exact) mass is 385 g/mol. The van der Waals surface area contributed by atoms with Gasteiger partial charge in [0.15, 0.2) is 0 Å². The van der Waals surface area contributed by atoms with Gasteiger partial charge in [0.2, 0.25) is 0 Å². The van der Waals surface area contributed by atoms with Crippen molar-refractivity contribution in [3.63, 3.8) is 0 Å². The maximum atomic E-state index is 13.1. The minimum absolute atomic E-state index is 0.0162. The quantitative estimate of drug-likeness (QED) is 0.693. The summed E-state index contributed by atoms with van der Waals surface area (Å²) in [5.41, 5.74) is -0.620. The molecule has 26 heavy (non-hydrogen) atoms. The first kappa shape index (κ1) is 20.0. The fourth-order valence-corrected chi connectivity index (χ4v) is 2.36. The van der Waals surface area contributed by atoms with E-state index in [2.05, 4.69) is 29.5 Å². The number of benzene rings is 1. The van der Waals surface area contributed by atoms with E-state index < -0.39 is 17.6 Å². The molecule has 1 amide bonds. The zero-order valence-corrected chi connectivity index (χ0v) is 15.1. The summed E-state index contributed by atoms with van der Waals surface area (Å²) in [6, 6.07) is 6.28. The Kier molecular flexibility index (Phi) is 6.47. The van der Waals surface area contributed by atoms with Crippen molar-refractivity contribution in [3.8, 4) is 0 Å². The Labute approximate surface area is 154 Å². The third-order valence-corrected chi connectivity index (χ3v) is 3.82. The lowest BCUT2D eigenvalue weighted by molar-refractivity contribution is -0.136. The number of anilines is 2. The molecule has 2 N–H and O–H groups in total. The number of carbonyl (C=O) groups excluding carboxylic acids is 1. The Morgan fingerprint density at radius 3 is 2.54 bits per heavy atom. The van der Waals surface area contributed by atoms with Crippen molar-refractivity contribution in [2.75, 3.05) is 17.2 Å². The molecule has 0 atom stereocenters. The predicted molar refractivity (Wildman–Crippen MR) is 96.6 cm³/mol. The van der Waals surface area contributed by atoms with E-state index in [1.54, 1.807) is 6.07 Å². The minimum Gasteiger partial charge on any atom is -0.384 e. The van der Waals surface area contributed by atoms with Crippen molar-refractivity contribution >= 4 is 28.9 Å². The van der Waals surface area contributed by atoms with E-state index in [0.717, 1.165) is 30.8 Å². The molecule has 0 radical (unpaired) electrons. The molecule has 0 unspecified atom stereocenters. The number of hydrogen-bond acceptors (Lipinski definition) is 3. The van der Waals surface area contributed by atoms with Crippen LogP contribution in [0.25, 0.3) is 0 Å². The van der Waals surface area contributed by atoms with Gasteiger partial charge in [-0.2, -0.15) is 13.2 Å². The average molecular weight is 386 g/mol. The number of amides is 1. The first-order valence-corrected chi connectivity index (χ1v) is 8.42. The first-order chi connectivity index (χ1) is 12.2. The lowest BCUT2D eigenvalue weighted by Crippen LogP contribution is -2.17. The molecule has 140 valence electrons. The van der Waals surface area contributed by atoms with Gasteiger partial charge in [-0.3, -0.25) is 4.79 Å². The number of hydrogen-bond donors (Lipinski definition) is 2. The molecule has 1 heterocycles. The first-order valence-electron chi connectivity index (χ1n) is 8.05. The van der Waals surface area contributed by atoms with Gasteiger partial charge in [0.1, 0.15) is 5.69 Å². The van der Waals surface area contributed by atoms with Crippen molar-refractivity contribution < 1.29 is 18.0 Å². The van der Waals surface area contributed by atoms with Crippen LogP contribution in [0.3, 0.4) is 0 Å². The molecule has 0 saturated carbocycles. The topological polar surface area (TPSA) is 54.0 Å². The van der Waals surface area contributed by atoms with Gasteiger partial charge in [0.25, 0.3) is 5.91 Å². The second-order valence-electron chi connectivity index (χ2n) is 6.18. The largest absolute Gasteiger partial charge is 0.418 e. The maximum Gasteiger partial charge on any atom is 0.418 e. The molecule has 0 bridgehead atoms. The summed E-state index contributed by atoms with van der Waals surface area (Å²) in [7, 11) is 0. The van der Waals surface area contributed by atoms with Crippen LogP contribution in [-0.4, -0.2) is 17.4 Å². The molecule has 0 aliphatic heterocycles. The molecule has 0 aliphatic carbocycles.